The Bertz CT molecular complexity index is 678. The van der Waals surface area contributed by atoms with Gasteiger partial charge in [-0.2, -0.15) is 0 Å². The minimum absolute atomic E-state index is 0.0969. The molecule has 5 nitrogen and oxygen atoms in total. The van der Waals surface area contributed by atoms with Crippen LogP contribution >= 0.6 is 15.9 Å². The van der Waals surface area contributed by atoms with E-state index in [2.05, 4.69) is 69.4 Å². The van der Waals surface area contributed by atoms with Crippen molar-refractivity contribution in [2.45, 2.75) is 113 Å². The van der Waals surface area contributed by atoms with Gasteiger partial charge in [0.25, 0.3) is 0 Å². The molecule has 1 aromatic rings. The number of ether oxygens (including phenoxy) is 2. The van der Waals surface area contributed by atoms with Crippen molar-refractivity contribution in [1.82, 2.24) is 9.55 Å². The lowest BCUT2D eigenvalue weighted by Gasteiger charge is -2.45. The van der Waals surface area contributed by atoms with E-state index in [-0.39, 0.29) is 6.04 Å². The quantitative estimate of drug-likeness (QED) is 0.138. The third kappa shape index (κ3) is 9.29. The number of hydrogen-bond donors (Lipinski definition) is 0. The summed E-state index contributed by atoms with van der Waals surface area (Å²) in [6.45, 7) is 20.1. The van der Waals surface area contributed by atoms with E-state index in [4.69, 9.17) is 9.47 Å². The van der Waals surface area contributed by atoms with Crippen LogP contribution in [0.4, 0.5) is 0 Å². The fraction of sp³-hybridized carbons (Fsp3) is 0.857. The fourth-order valence-electron chi connectivity index (χ4n) is 5.70. The van der Waals surface area contributed by atoms with Crippen molar-refractivity contribution in [1.29, 1.82) is 0 Å². The Kier molecular flexibility index (Phi) is 14.6. The van der Waals surface area contributed by atoms with Gasteiger partial charge in [-0.3, -0.25) is 0 Å². The number of nitrogens with zero attached hydrogens (tertiary/aromatic N) is 2. The van der Waals surface area contributed by atoms with Gasteiger partial charge in [0.2, 0.25) is 0 Å². The van der Waals surface area contributed by atoms with Crippen LogP contribution in [-0.2, 0) is 9.47 Å². The molecule has 0 aliphatic carbocycles. The van der Waals surface area contributed by atoms with Crippen LogP contribution in [0.15, 0.2) is 10.9 Å². The van der Waals surface area contributed by atoms with E-state index < -0.39 is 5.97 Å². The molecule has 198 valence electrons. The monoisotopic (exact) mass is 542 g/mol. The lowest BCUT2D eigenvalue weighted by Crippen LogP contribution is -2.38. The van der Waals surface area contributed by atoms with E-state index in [0.29, 0.717) is 29.1 Å². The summed E-state index contributed by atoms with van der Waals surface area (Å²) in [5.41, 5.74) is 0.796. The highest BCUT2D eigenvalue weighted by atomic mass is 79.9. The van der Waals surface area contributed by atoms with Crippen molar-refractivity contribution in [3.05, 3.63) is 16.6 Å². The normalized spacial score (nSPS) is 13.3. The molecule has 0 bridgehead atoms. The molecule has 6 heteroatoms. The van der Waals surface area contributed by atoms with E-state index in [0.717, 1.165) is 30.8 Å². The summed E-state index contributed by atoms with van der Waals surface area (Å²) in [6.07, 6.45) is 12.1. The Labute approximate surface area is 217 Å². The van der Waals surface area contributed by atoms with Crippen LogP contribution in [0.1, 0.15) is 123 Å². The maximum Gasteiger partial charge on any atom is 0.358 e. The van der Waals surface area contributed by atoms with E-state index >= 15 is 0 Å². The lowest BCUT2D eigenvalue weighted by molar-refractivity contribution is 0.0356. The molecular weight excluding hydrogens is 492 g/mol. The van der Waals surface area contributed by atoms with Gasteiger partial charge in [0.05, 0.1) is 19.3 Å². The Hall–Kier alpha value is -0.880. The second kappa shape index (κ2) is 16.0. The zero-order valence-corrected chi connectivity index (χ0v) is 24.7. The average molecular weight is 544 g/mol. The first-order valence-corrected chi connectivity index (χ1v) is 14.4. The molecule has 1 rings (SSSR count). The van der Waals surface area contributed by atoms with E-state index in [1.807, 2.05) is 4.57 Å². The van der Waals surface area contributed by atoms with Crippen LogP contribution in [0, 0.1) is 23.2 Å². The van der Waals surface area contributed by atoms with Crippen molar-refractivity contribution in [2.75, 3.05) is 19.8 Å². The summed E-state index contributed by atoms with van der Waals surface area (Å²) in [5.74, 6) is 1.83. The molecule has 1 heterocycles. The molecule has 0 spiro atoms. The van der Waals surface area contributed by atoms with Gasteiger partial charge in [0.1, 0.15) is 0 Å². The number of esters is 1. The molecule has 0 fully saturated rings. The molecule has 1 atom stereocenters. The van der Waals surface area contributed by atoms with E-state index in [1.54, 1.807) is 13.1 Å². The van der Waals surface area contributed by atoms with Crippen molar-refractivity contribution in [3.63, 3.8) is 0 Å². The smallest absolute Gasteiger partial charge is 0.358 e. The molecule has 0 saturated carbocycles. The summed E-state index contributed by atoms with van der Waals surface area (Å²) in [5, 5.41) is 0. The highest BCUT2D eigenvalue weighted by Gasteiger charge is 2.39. The highest BCUT2D eigenvalue weighted by molar-refractivity contribution is 9.10. The minimum Gasteiger partial charge on any atom is -0.461 e. The second-order valence-electron chi connectivity index (χ2n) is 10.7. The predicted octanol–water partition coefficient (Wildman–Crippen LogP) is 8.48. The highest BCUT2D eigenvalue weighted by Crippen LogP contribution is 2.47. The first-order chi connectivity index (χ1) is 16.1. The molecule has 0 aliphatic heterocycles. The van der Waals surface area contributed by atoms with E-state index in [9.17, 15) is 4.79 Å². The van der Waals surface area contributed by atoms with Crippen molar-refractivity contribution in [2.24, 2.45) is 23.2 Å². The maximum atomic E-state index is 11.9. The second-order valence-corrected chi connectivity index (χ2v) is 11.5. The van der Waals surface area contributed by atoms with E-state index in [1.165, 1.54) is 44.9 Å². The molecule has 0 aromatic carbocycles. The molecule has 1 aromatic heterocycles. The number of unbranched alkanes of at least 4 members (excludes halogenated alkanes) is 6. The average Bonchev–Trinajstić information content (AvgIpc) is 3.15. The Morgan fingerprint density at radius 2 is 1.47 bits per heavy atom. The zero-order valence-electron chi connectivity index (χ0n) is 23.2. The van der Waals surface area contributed by atoms with Gasteiger partial charge < -0.3 is 14.0 Å². The third-order valence-electron chi connectivity index (χ3n) is 7.63. The maximum absolute atomic E-state index is 11.9. The molecular formula is C28H51BrN2O3. The van der Waals surface area contributed by atoms with Crippen molar-refractivity contribution < 1.29 is 14.3 Å². The topological polar surface area (TPSA) is 53.4 Å². The summed E-state index contributed by atoms with van der Waals surface area (Å²) < 4.78 is 13.4. The first-order valence-electron chi connectivity index (χ1n) is 13.6. The van der Waals surface area contributed by atoms with Crippen LogP contribution < -0.4 is 0 Å². The molecule has 0 aliphatic rings. The predicted molar refractivity (Wildman–Crippen MR) is 145 cm³/mol. The number of aromatic nitrogens is 2. The molecule has 0 amide bonds. The number of rotatable bonds is 18. The number of carbonyl (C=O) groups excluding carboxylic acids is 1. The Morgan fingerprint density at radius 1 is 0.941 bits per heavy atom. The van der Waals surface area contributed by atoms with Crippen LogP contribution in [0.3, 0.4) is 0 Å². The fourth-order valence-corrected chi connectivity index (χ4v) is 6.35. The minimum atomic E-state index is -0.394. The van der Waals surface area contributed by atoms with Gasteiger partial charge in [0.15, 0.2) is 10.4 Å². The number of hydrogen-bond acceptors (Lipinski definition) is 4. The zero-order chi connectivity index (χ0) is 25.7. The Morgan fingerprint density at radius 3 is 2.00 bits per heavy atom. The molecule has 0 unspecified atom stereocenters. The SMILES string of the molecule is CCOC(=O)c1cn([C@H](C)COCCCCCCCCCC(C(C)C)(C(C)C)C(C)C)c(Br)n1. The Balaban J connectivity index is 2.17. The summed E-state index contributed by atoms with van der Waals surface area (Å²) in [7, 11) is 0. The molecule has 0 radical (unpaired) electrons. The van der Waals surface area contributed by atoms with Gasteiger partial charge in [0, 0.05) is 12.8 Å². The van der Waals surface area contributed by atoms with Crippen LogP contribution in [0.5, 0.6) is 0 Å². The van der Waals surface area contributed by atoms with Gasteiger partial charge in [-0.25, -0.2) is 9.78 Å². The standard InChI is InChI=1S/C28H51BrN2O3/c1-9-34-26(32)25-19-31(27(29)30-25)24(8)20-33-18-16-14-12-10-11-13-15-17-28(21(2)3,22(4)5)23(6)7/h19,21-24H,9-18,20H2,1-8H3/t24-/m1/s1. The van der Waals surface area contributed by atoms with Crippen LogP contribution in [-0.4, -0.2) is 35.3 Å². The molecule has 0 saturated heterocycles. The molecule has 0 N–H and O–H groups in total. The number of halogens is 1. The van der Waals surface area contributed by atoms with Crippen molar-refractivity contribution in [3.8, 4) is 0 Å². The van der Waals surface area contributed by atoms with Crippen LogP contribution in [0.25, 0.3) is 0 Å². The van der Waals surface area contributed by atoms with Gasteiger partial charge in [-0.15, -0.1) is 0 Å². The summed E-state index contributed by atoms with van der Waals surface area (Å²) in [4.78, 5) is 16.1. The third-order valence-corrected chi connectivity index (χ3v) is 8.22. The molecule has 34 heavy (non-hydrogen) atoms. The number of carbonyl (C=O) groups is 1. The van der Waals surface area contributed by atoms with Gasteiger partial charge >= 0.3 is 5.97 Å². The summed E-state index contributed by atoms with van der Waals surface area (Å²) in [6, 6.07) is 0.0969. The van der Waals surface area contributed by atoms with Crippen LogP contribution in [0.2, 0.25) is 0 Å². The summed E-state index contributed by atoms with van der Waals surface area (Å²) >= 11 is 3.43. The van der Waals surface area contributed by atoms with Gasteiger partial charge in [-0.05, 0) is 65.8 Å². The van der Waals surface area contributed by atoms with Gasteiger partial charge in [-0.1, -0.05) is 80.1 Å². The number of imidazole rings is 1. The first kappa shape index (κ1) is 31.2. The lowest BCUT2D eigenvalue weighted by atomic mass is 9.60. The largest absolute Gasteiger partial charge is 0.461 e. The van der Waals surface area contributed by atoms with Crippen molar-refractivity contribution >= 4 is 21.9 Å².